The number of hydrogen-bond acceptors (Lipinski definition) is 7. The third-order valence-electron chi connectivity index (χ3n) is 8.11. The van der Waals surface area contributed by atoms with Gasteiger partial charge in [0, 0.05) is 23.8 Å². The number of ether oxygens (including phenoxy) is 2. The summed E-state index contributed by atoms with van der Waals surface area (Å²) in [6.07, 6.45) is 0.0416. The number of carbonyl (C=O) groups is 2. The molecule has 0 aliphatic carbocycles. The first-order valence-electron chi connectivity index (χ1n) is 14.8. The fourth-order valence-corrected chi connectivity index (χ4v) is 8.22. The second-order valence-electron chi connectivity index (χ2n) is 11.4. The van der Waals surface area contributed by atoms with Gasteiger partial charge in [0.15, 0.2) is 5.78 Å². The predicted octanol–water partition coefficient (Wildman–Crippen LogP) is 6.67. The number of carboxylic acid groups (broad SMARTS) is 1. The van der Waals surface area contributed by atoms with E-state index >= 15 is 0 Å². The largest absolute Gasteiger partial charge is 0.488 e. The lowest BCUT2D eigenvalue weighted by molar-refractivity contribution is -0.141. The Kier molecular flexibility index (Phi) is 10.2. The number of thiophene rings is 1. The Morgan fingerprint density at radius 3 is 2.49 bits per heavy atom. The number of Topliss-reactive ketones (excluding diaryl/α,β-unsaturated/α-hetero) is 1. The van der Waals surface area contributed by atoms with E-state index in [1.165, 1.54) is 22.6 Å². The molecule has 1 aliphatic heterocycles. The zero-order valence-electron chi connectivity index (χ0n) is 25.5. The van der Waals surface area contributed by atoms with Crippen molar-refractivity contribution in [2.24, 2.45) is 5.92 Å². The van der Waals surface area contributed by atoms with Gasteiger partial charge in [0.2, 0.25) is 10.0 Å². The van der Waals surface area contributed by atoms with Crippen LogP contribution >= 0.6 is 11.3 Å². The quantitative estimate of drug-likeness (QED) is 0.135. The molecule has 1 aliphatic rings. The molecule has 0 spiro atoms. The molecule has 0 fully saturated rings. The molecule has 10 heteroatoms. The Morgan fingerprint density at radius 1 is 1.04 bits per heavy atom. The van der Waals surface area contributed by atoms with Crippen LogP contribution in [0.1, 0.15) is 63.0 Å². The smallest absolute Gasteiger partial charge is 0.307 e. The number of fused-ring (bicyclic) bond motifs is 1. The summed E-state index contributed by atoms with van der Waals surface area (Å²) in [7, 11) is -3.92. The van der Waals surface area contributed by atoms with Gasteiger partial charge in [-0.2, -0.15) is 4.31 Å². The molecule has 45 heavy (non-hydrogen) atoms. The molecule has 8 nitrogen and oxygen atoms in total. The van der Waals surface area contributed by atoms with Crippen LogP contribution in [0.5, 0.6) is 5.75 Å². The van der Waals surface area contributed by atoms with E-state index < -0.39 is 33.9 Å². The van der Waals surface area contributed by atoms with Crippen molar-refractivity contribution in [3.63, 3.8) is 0 Å². The number of aryl methyl sites for hydroxylation is 1. The van der Waals surface area contributed by atoms with Crippen molar-refractivity contribution >= 4 is 33.1 Å². The van der Waals surface area contributed by atoms with E-state index in [0.29, 0.717) is 30.3 Å². The lowest BCUT2D eigenvalue weighted by Gasteiger charge is -2.25. The number of benzene rings is 3. The van der Waals surface area contributed by atoms with E-state index in [0.717, 1.165) is 27.1 Å². The number of carbonyl (C=O) groups excluding carboxylic acids is 1. The van der Waals surface area contributed by atoms with Crippen LogP contribution in [-0.2, 0) is 32.7 Å². The van der Waals surface area contributed by atoms with Crippen LogP contribution in [0.3, 0.4) is 0 Å². The number of ketones is 1. The molecule has 1 N–H and O–H groups in total. The summed E-state index contributed by atoms with van der Waals surface area (Å²) < 4.78 is 41.6. The molecule has 5 rings (SSSR count). The fourth-order valence-electron chi connectivity index (χ4n) is 5.52. The summed E-state index contributed by atoms with van der Waals surface area (Å²) in [5.41, 5.74) is 3.45. The summed E-state index contributed by atoms with van der Waals surface area (Å²) in [5.74, 6) is -2.01. The first-order valence-corrected chi connectivity index (χ1v) is 17.1. The Hall–Kier alpha value is -3.83. The summed E-state index contributed by atoms with van der Waals surface area (Å²) in [6.45, 7) is 6.10. The normalized spacial score (nSPS) is 17.4. The lowest BCUT2D eigenvalue weighted by Crippen LogP contribution is -2.37. The molecular weight excluding hydrogens is 611 g/mol. The van der Waals surface area contributed by atoms with E-state index in [-0.39, 0.29) is 23.8 Å². The summed E-state index contributed by atoms with van der Waals surface area (Å²) >= 11 is 1.29. The zero-order valence-corrected chi connectivity index (χ0v) is 27.1. The Bertz CT molecular complexity index is 1770. The molecule has 4 aromatic rings. The highest BCUT2D eigenvalue weighted by atomic mass is 32.2. The molecule has 3 atom stereocenters. The highest BCUT2D eigenvalue weighted by Crippen LogP contribution is 2.38. The zero-order chi connectivity index (χ0) is 32.1. The van der Waals surface area contributed by atoms with Crippen LogP contribution in [0.4, 0.5) is 0 Å². The van der Waals surface area contributed by atoms with Gasteiger partial charge in [0.25, 0.3) is 0 Å². The average molecular weight is 648 g/mol. The van der Waals surface area contributed by atoms with Crippen LogP contribution in [0, 0.1) is 12.8 Å². The van der Waals surface area contributed by atoms with Gasteiger partial charge in [0.05, 0.1) is 30.6 Å². The van der Waals surface area contributed by atoms with E-state index in [4.69, 9.17) is 9.47 Å². The van der Waals surface area contributed by atoms with Crippen LogP contribution in [0.2, 0.25) is 0 Å². The molecule has 236 valence electrons. The van der Waals surface area contributed by atoms with Crippen LogP contribution < -0.4 is 4.74 Å². The van der Waals surface area contributed by atoms with Crippen molar-refractivity contribution in [3.8, 4) is 5.75 Å². The van der Waals surface area contributed by atoms with E-state index in [1.807, 2.05) is 61.5 Å². The van der Waals surface area contributed by atoms with Crippen LogP contribution in [0.25, 0.3) is 0 Å². The maximum Gasteiger partial charge on any atom is 0.307 e. The van der Waals surface area contributed by atoms with Gasteiger partial charge >= 0.3 is 5.97 Å². The standard InChI is InChI=1S/C35H37NO7S2/c1-23-13-14-27(34(24(2)35(38)39)32-16-15-31(44-32)25(3)37)19-28(23)20-36-21-29(17-18-42-22-26-9-5-4-6-10-26)43-30-11-7-8-12-33(30)45(36,40)41/h4-16,19,24,29,34H,17-18,20-22H2,1-3H3,(H,38,39). The molecule has 3 aromatic carbocycles. The molecule has 0 bridgehead atoms. The van der Waals surface area contributed by atoms with Crippen molar-refractivity contribution in [1.82, 2.24) is 4.31 Å². The Morgan fingerprint density at radius 2 is 1.78 bits per heavy atom. The van der Waals surface area contributed by atoms with Crippen molar-refractivity contribution < 1.29 is 32.6 Å². The SMILES string of the molecule is CC(=O)c1ccc(C(c2ccc(C)c(CN3CC(CCOCc4ccccc4)Oc4ccccc4S3(=O)=O)c2)C(C)C(=O)O)s1. The highest BCUT2D eigenvalue weighted by molar-refractivity contribution is 7.89. The van der Waals surface area contributed by atoms with Crippen LogP contribution in [0.15, 0.2) is 89.8 Å². The lowest BCUT2D eigenvalue weighted by atomic mass is 9.84. The minimum atomic E-state index is -3.92. The molecule has 0 saturated heterocycles. The molecule has 0 radical (unpaired) electrons. The number of hydrogen-bond donors (Lipinski definition) is 1. The first kappa shape index (κ1) is 32.6. The summed E-state index contributed by atoms with van der Waals surface area (Å²) in [4.78, 5) is 25.6. The molecule has 0 amide bonds. The van der Waals surface area contributed by atoms with Crippen molar-refractivity contribution in [1.29, 1.82) is 0 Å². The van der Waals surface area contributed by atoms with E-state index in [2.05, 4.69) is 0 Å². The van der Waals surface area contributed by atoms with Gasteiger partial charge < -0.3 is 14.6 Å². The number of carboxylic acids is 1. The second-order valence-corrected chi connectivity index (χ2v) is 14.4. The van der Waals surface area contributed by atoms with Gasteiger partial charge in [-0.05, 0) is 60.4 Å². The fraction of sp³-hybridized carbons (Fsp3) is 0.314. The number of sulfonamides is 1. The maximum absolute atomic E-state index is 14.0. The molecule has 3 unspecified atom stereocenters. The second kappa shape index (κ2) is 14.1. The van der Waals surface area contributed by atoms with Crippen molar-refractivity contribution in [2.75, 3.05) is 13.2 Å². The minimum Gasteiger partial charge on any atom is -0.488 e. The minimum absolute atomic E-state index is 0.0773. The topological polar surface area (TPSA) is 110 Å². The molecular formula is C35H37NO7S2. The van der Waals surface area contributed by atoms with Gasteiger partial charge in [-0.1, -0.05) is 67.6 Å². The first-order chi connectivity index (χ1) is 21.5. The third kappa shape index (κ3) is 7.53. The Balaban J connectivity index is 1.43. The number of nitrogens with zero attached hydrogens (tertiary/aromatic N) is 1. The number of aliphatic carboxylic acids is 1. The van der Waals surface area contributed by atoms with E-state index in [9.17, 15) is 23.1 Å². The monoisotopic (exact) mass is 647 g/mol. The summed E-state index contributed by atoms with van der Waals surface area (Å²) in [6, 6.07) is 25.7. The summed E-state index contributed by atoms with van der Waals surface area (Å²) in [5, 5.41) is 9.98. The molecule has 1 aromatic heterocycles. The molecule has 0 saturated carbocycles. The maximum atomic E-state index is 14.0. The number of para-hydroxylation sites is 1. The van der Waals surface area contributed by atoms with Gasteiger partial charge in [-0.25, -0.2) is 8.42 Å². The van der Waals surface area contributed by atoms with Gasteiger partial charge in [-0.3, -0.25) is 9.59 Å². The third-order valence-corrected chi connectivity index (χ3v) is 11.2. The average Bonchev–Trinajstić information content (AvgIpc) is 3.47. The molecule has 2 heterocycles. The van der Waals surface area contributed by atoms with Crippen molar-refractivity contribution in [2.45, 2.75) is 57.3 Å². The van der Waals surface area contributed by atoms with Gasteiger partial charge in [0.1, 0.15) is 16.7 Å². The van der Waals surface area contributed by atoms with Crippen molar-refractivity contribution in [3.05, 3.63) is 117 Å². The van der Waals surface area contributed by atoms with Crippen LogP contribution in [-0.4, -0.2) is 48.8 Å². The Labute approximate surface area is 268 Å². The van der Waals surface area contributed by atoms with E-state index in [1.54, 1.807) is 37.3 Å². The highest BCUT2D eigenvalue weighted by Gasteiger charge is 2.35. The number of rotatable bonds is 12. The van der Waals surface area contributed by atoms with Gasteiger partial charge in [-0.15, -0.1) is 11.3 Å². The predicted molar refractivity (Wildman–Crippen MR) is 173 cm³/mol.